The summed E-state index contributed by atoms with van der Waals surface area (Å²) in [7, 11) is 0. The third-order valence-electron chi connectivity index (χ3n) is 5.02. The number of hydrogen-bond donors (Lipinski definition) is 0. The zero-order chi connectivity index (χ0) is 17.2. The molecule has 2 aliphatic rings. The van der Waals surface area contributed by atoms with Gasteiger partial charge in [0.25, 0.3) is 0 Å². The number of fused-ring (bicyclic) bond motifs is 1. The Kier molecular flexibility index (Phi) is 4.53. The van der Waals surface area contributed by atoms with Gasteiger partial charge < -0.3 is 9.42 Å². The van der Waals surface area contributed by atoms with Crippen LogP contribution in [-0.2, 0) is 19.4 Å². The average Bonchev–Trinajstić information content (AvgIpc) is 3.25. The minimum Gasteiger partial charge on any atom is -0.360 e. The van der Waals surface area contributed by atoms with Gasteiger partial charge in [-0.1, -0.05) is 31.2 Å². The molecule has 0 fully saturated rings. The van der Waals surface area contributed by atoms with Crippen molar-refractivity contribution in [1.29, 1.82) is 0 Å². The maximum absolute atomic E-state index is 5.52. The largest absolute Gasteiger partial charge is 0.360 e. The molecule has 25 heavy (non-hydrogen) atoms. The van der Waals surface area contributed by atoms with E-state index in [1.54, 1.807) is 6.33 Å². The van der Waals surface area contributed by atoms with Gasteiger partial charge in [0.1, 0.15) is 12.1 Å². The average molecular weight is 339 g/mol. The van der Waals surface area contributed by atoms with Crippen LogP contribution >= 0.6 is 0 Å². The molecule has 0 radical (unpaired) electrons. The van der Waals surface area contributed by atoms with E-state index in [-0.39, 0.29) is 0 Å². The number of hydrogen-bond acceptors (Lipinski definition) is 6. The standard InChI is InChI=1S/C19H25N5O/c1-14(2)18-11-15(25-22-18)12-23-9-5-16-17(6-10-23)20-13-21-19(16)24-7-3-4-8-24/h3-4,11,13-14H,5-10,12H2,1-2H3. The lowest BCUT2D eigenvalue weighted by atomic mass is 10.1. The predicted octanol–water partition coefficient (Wildman–Crippen LogP) is 2.57. The molecule has 6 heteroatoms. The lowest BCUT2D eigenvalue weighted by Crippen LogP contribution is -2.26. The SMILES string of the molecule is CC(C)c1cc(CN2CCc3ncnc(N4CC=CC4)c3CC2)on1. The van der Waals surface area contributed by atoms with E-state index < -0.39 is 0 Å². The molecule has 4 heterocycles. The van der Waals surface area contributed by atoms with E-state index in [9.17, 15) is 0 Å². The van der Waals surface area contributed by atoms with Gasteiger partial charge in [-0.05, 0) is 12.3 Å². The van der Waals surface area contributed by atoms with Gasteiger partial charge in [-0.15, -0.1) is 0 Å². The minimum atomic E-state index is 0.401. The van der Waals surface area contributed by atoms with Crippen molar-refractivity contribution in [2.75, 3.05) is 31.1 Å². The fraction of sp³-hybridized carbons (Fsp3) is 0.526. The summed E-state index contributed by atoms with van der Waals surface area (Å²) in [5.74, 6) is 2.46. The Hall–Kier alpha value is -2.21. The molecule has 0 atom stereocenters. The van der Waals surface area contributed by atoms with Gasteiger partial charge in [-0.25, -0.2) is 9.97 Å². The van der Waals surface area contributed by atoms with Crippen LogP contribution in [0.1, 0.15) is 42.5 Å². The van der Waals surface area contributed by atoms with Crippen LogP contribution in [0.5, 0.6) is 0 Å². The summed E-state index contributed by atoms with van der Waals surface area (Å²) in [5, 5.41) is 4.17. The third kappa shape index (κ3) is 3.44. The van der Waals surface area contributed by atoms with Gasteiger partial charge in [0.05, 0.1) is 17.9 Å². The Bertz CT molecular complexity index is 759. The summed E-state index contributed by atoms with van der Waals surface area (Å²) in [6.45, 7) is 8.95. The van der Waals surface area contributed by atoms with Crippen LogP contribution in [0.15, 0.2) is 29.1 Å². The van der Waals surface area contributed by atoms with Crippen LogP contribution in [0.3, 0.4) is 0 Å². The molecule has 0 spiro atoms. The maximum atomic E-state index is 5.52. The molecule has 0 aliphatic carbocycles. The molecular weight excluding hydrogens is 314 g/mol. The Labute approximate surface area is 148 Å². The van der Waals surface area contributed by atoms with Crippen molar-refractivity contribution in [3.63, 3.8) is 0 Å². The van der Waals surface area contributed by atoms with Gasteiger partial charge >= 0.3 is 0 Å². The summed E-state index contributed by atoms with van der Waals surface area (Å²) in [5.41, 5.74) is 3.54. The number of rotatable bonds is 4. The first-order chi connectivity index (χ1) is 12.2. The van der Waals surface area contributed by atoms with E-state index >= 15 is 0 Å². The van der Waals surface area contributed by atoms with E-state index in [0.717, 1.165) is 62.8 Å². The van der Waals surface area contributed by atoms with E-state index in [2.05, 4.69) is 57.0 Å². The first-order valence-electron chi connectivity index (χ1n) is 9.11. The molecule has 2 aromatic heterocycles. The summed E-state index contributed by atoms with van der Waals surface area (Å²) < 4.78 is 5.52. The fourth-order valence-electron chi connectivity index (χ4n) is 3.53. The highest BCUT2D eigenvalue weighted by Gasteiger charge is 2.22. The van der Waals surface area contributed by atoms with Crippen LogP contribution in [-0.4, -0.2) is 46.2 Å². The molecule has 0 unspecified atom stereocenters. The van der Waals surface area contributed by atoms with Crippen molar-refractivity contribution >= 4 is 5.82 Å². The molecule has 0 saturated carbocycles. The highest BCUT2D eigenvalue weighted by Crippen LogP contribution is 2.25. The molecule has 2 aromatic rings. The lowest BCUT2D eigenvalue weighted by molar-refractivity contribution is 0.239. The Morgan fingerprint density at radius 2 is 1.92 bits per heavy atom. The first kappa shape index (κ1) is 16.3. The number of anilines is 1. The summed E-state index contributed by atoms with van der Waals surface area (Å²) >= 11 is 0. The van der Waals surface area contributed by atoms with E-state index in [0.29, 0.717) is 5.92 Å². The molecule has 4 rings (SSSR count). The second-order valence-electron chi connectivity index (χ2n) is 7.15. The van der Waals surface area contributed by atoms with E-state index in [1.165, 1.54) is 11.3 Å². The Morgan fingerprint density at radius 3 is 2.68 bits per heavy atom. The maximum Gasteiger partial charge on any atom is 0.150 e. The van der Waals surface area contributed by atoms with Gasteiger partial charge in [0.15, 0.2) is 5.76 Å². The van der Waals surface area contributed by atoms with Gasteiger partial charge in [0.2, 0.25) is 0 Å². The molecule has 0 aromatic carbocycles. The van der Waals surface area contributed by atoms with Crippen molar-refractivity contribution in [2.24, 2.45) is 0 Å². The lowest BCUT2D eigenvalue weighted by Gasteiger charge is -2.21. The predicted molar refractivity (Wildman–Crippen MR) is 96.7 cm³/mol. The molecule has 0 amide bonds. The zero-order valence-corrected chi connectivity index (χ0v) is 15.0. The highest BCUT2D eigenvalue weighted by molar-refractivity contribution is 5.51. The van der Waals surface area contributed by atoms with Gasteiger partial charge in [-0.3, -0.25) is 4.90 Å². The van der Waals surface area contributed by atoms with Gasteiger partial charge in [0, 0.05) is 44.2 Å². The van der Waals surface area contributed by atoms with Crippen molar-refractivity contribution in [3.05, 3.63) is 47.3 Å². The molecule has 0 saturated heterocycles. The Morgan fingerprint density at radius 1 is 1.12 bits per heavy atom. The van der Waals surface area contributed by atoms with E-state index in [4.69, 9.17) is 4.52 Å². The first-order valence-corrected chi connectivity index (χ1v) is 9.11. The van der Waals surface area contributed by atoms with Crippen molar-refractivity contribution < 1.29 is 4.52 Å². The molecule has 6 nitrogen and oxygen atoms in total. The Balaban J connectivity index is 1.47. The monoisotopic (exact) mass is 339 g/mol. The summed E-state index contributed by atoms with van der Waals surface area (Å²) in [6.07, 6.45) is 8.05. The summed E-state index contributed by atoms with van der Waals surface area (Å²) in [6, 6.07) is 2.09. The van der Waals surface area contributed by atoms with Crippen LogP contribution in [0.4, 0.5) is 5.82 Å². The topological polar surface area (TPSA) is 58.3 Å². The van der Waals surface area contributed by atoms with Crippen LogP contribution < -0.4 is 4.90 Å². The third-order valence-corrected chi connectivity index (χ3v) is 5.02. The molecule has 2 aliphatic heterocycles. The van der Waals surface area contributed by atoms with E-state index in [1.807, 2.05) is 0 Å². The zero-order valence-electron chi connectivity index (χ0n) is 15.0. The van der Waals surface area contributed by atoms with Crippen LogP contribution in [0.2, 0.25) is 0 Å². The second-order valence-corrected chi connectivity index (χ2v) is 7.15. The molecule has 0 bridgehead atoms. The van der Waals surface area contributed by atoms with Crippen molar-refractivity contribution in [2.45, 2.75) is 39.2 Å². The summed E-state index contributed by atoms with van der Waals surface area (Å²) in [4.78, 5) is 13.9. The van der Waals surface area contributed by atoms with Crippen LogP contribution in [0.25, 0.3) is 0 Å². The van der Waals surface area contributed by atoms with Gasteiger partial charge in [-0.2, -0.15) is 0 Å². The second kappa shape index (κ2) is 6.96. The van der Waals surface area contributed by atoms with Crippen molar-refractivity contribution in [1.82, 2.24) is 20.0 Å². The normalized spacial score (nSPS) is 18.0. The number of nitrogens with zero attached hydrogens (tertiary/aromatic N) is 5. The smallest absolute Gasteiger partial charge is 0.150 e. The van der Waals surface area contributed by atoms with Crippen LogP contribution in [0, 0.1) is 0 Å². The quantitative estimate of drug-likeness (QED) is 0.798. The fourth-order valence-corrected chi connectivity index (χ4v) is 3.53. The molecule has 132 valence electrons. The van der Waals surface area contributed by atoms with Crippen molar-refractivity contribution in [3.8, 4) is 0 Å². The molecule has 0 N–H and O–H groups in total. The molecular formula is C19H25N5O. The highest BCUT2D eigenvalue weighted by atomic mass is 16.5. The minimum absolute atomic E-state index is 0.401. The number of aromatic nitrogens is 3.